The van der Waals surface area contributed by atoms with Crippen molar-refractivity contribution in [3.63, 3.8) is 0 Å². The van der Waals surface area contributed by atoms with Crippen LogP contribution < -0.4 is 0 Å². The van der Waals surface area contributed by atoms with Gasteiger partial charge in [0.1, 0.15) is 0 Å². The minimum absolute atomic E-state index is 0.0347. The Morgan fingerprint density at radius 1 is 1.00 bits per heavy atom. The van der Waals surface area contributed by atoms with Crippen LogP contribution in [0.4, 0.5) is 5.69 Å². The van der Waals surface area contributed by atoms with Gasteiger partial charge >= 0.3 is 0 Å². The Hall–Kier alpha value is -3.06. The molecule has 23 heavy (non-hydrogen) atoms. The summed E-state index contributed by atoms with van der Waals surface area (Å²) in [5.74, 6) is 0. The molecule has 0 saturated carbocycles. The minimum Gasteiger partial charge on any atom is -0.388 e. The Morgan fingerprint density at radius 2 is 1.57 bits per heavy atom. The molecule has 1 N–H and O–H groups in total. The lowest BCUT2D eigenvalue weighted by molar-refractivity contribution is -0.400. The first-order valence-electron chi connectivity index (χ1n) is 6.70. The summed E-state index contributed by atoms with van der Waals surface area (Å²) in [5, 5.41) is 29.5. The Bertz CT molecular complexity index is 684. The number of nitro groups is 2. The summed E-state index contributed by atoms with van der Waals surface area (Å²) in [6.45, 7) is 1.50. The molecule has 0 radical (unpaired) electrons. The molecule has 1 unspecified atom stereocenters. The smallest absolute Gasteiger partial charge is 0.275 e. The first-order valence-corrected chi connectivity index (χ1v) is 6.70. The first kappa shape index (κ1) is 18.0. The van der Waals surface area contributed by atoms with E-state index in [1.54, 1.807) is 30.3 Å². The number of nitro benzene ring substituents is 1. The van der Waals surface area contributed by atoms with Crippen LogP contribution in [0, 0.1) is 20.2 Å². The van der Waals surface area contributed by atoms with Crippen molar-refractivity contribution in [3.05, 3.63) is 92.2 Å². The summed E-state index contributed by atoms with van der Waals surface area (Å²) < 4.78 is 0. The van der Waals surface area contributed by atoms with E-state index >= 15 is 0 Å². The van der Waals surface area contributed by atoms with Crippen molar-refractivity contribution in [2.24, 2.45) is 0 Å². The SMILES string of the molecule is CC(O)c1ccccc1[N+](=O)[O-].O=[N+]([O-])/C=C/c1ccccc1. The van der Waals surface area contributed by atoms with Crippen LogP contribution in [0.2, 0.25) is 0 Å². The van der Waals surface area contributed by atoms with E-state index in [4.69, 9.17) is 5.11 Å². The number of hydrogen-bond acceptors (Lipinski definition) is 5. The second kappa shape index (κ2) is 9.06. The summed E-state index contributed by atoms with van der Waals surface area (Å²) in [5.41, 5.74) is 1.15. The van der Waals surface area contributed by atoms with Crippen LogP contribution in [-0.2, 0) is 0 Å². The van der Waals surface area contributed by atoms with Gasteiger partial charge in [-0.05, 0) is 18.6 Å². The van der Waals surface area contributed by atoms with Gasteiger partial charge in [-0.15, -0.1) is 0 Å². The summed E-state index contributed by atoms with van der Waals surface area (Å²) in [6.07, 6.45) is 1.58. The summed E-state index contributed by atoms with van der Waals surface area (Å²) in [7, 11) is 0. The van der Waals surface area contributed by atoms with Crippen molar-refractivity contribution in [2.75, 3.05) is 0 Å². The zero-order chi connectivity index (χ0) is 17.2. The van der Waals surface area contributed by atoms with Gasteiger partial charge in [0, 0.05) is 12.1 Å². The van der Waals surface area contributed by atoms with Crippen LogP contribution >= 0.6 is 0 Å². The van der Waals surface area contributed by atoms with E-state index in [1.165, 1.54) is 19.1 Å². The van der Waals surface area contributed by atoms with Crippen LogP contribution in [0.3, 0.4) is 0 Å². The molecule has 120 valence electrons. The molecule has 0 aliphatic heterocycles. The van der Waals surface area contributed by atoms with Gasteiger partial charge in [0.05, 0.1) is 21.5 Å². The second-order valence-corrected chi connectivity index (χ2v) is 4.50. The monoisotopic (exact) mass is 316 g/mol. The lowest BCUT2D eigenvalue weighted by Crippen LogP contribution is -1.98. The highest BCUT2D eigenvalue weighted by Crippen LogP contribution is 2.23. The molecule has 7 heteroatoms. The van der Waals surface area contributed by atoms with Gasteiger partial charge in [0.2, 0.25) is 6.20 Å². The normalized spacial score (nSPS) is 11.4. The maximum Gasteiger partial charge on any atom is 0.275 e. The molecule has 2 rings (SSSR count). The molecule has 1 atom stereocenters. The number of para-hydroxylation sites is 1. The van der Waals surface area contributed by atoms with Gasteiger partial charge in [-0.3, -0.25) is 20.2 Å². The largest absolute Gasteiger partial charge is 0.388 e. The van der Waals surface area contributed by atoms with Crippen molar-refractivity contribution >= 4 is 11.8 Å². The van der Waals surface area contributed by atoms with Gasteiger partial charge in [0.25, 0.3) is 5.69 Å². The fourth-order valence-electron chi connectivity index (χ4n) is 1.72. The van der Waals surface area contributed by atoms with E-state index < -0.39 is 16.0 Å². The quantitative estimate of drug-likeness (QED) is 0.685. The summed E-state index contributed by atoms with van der Waals surface area (Å²) >= 11 is 0. The Kier molecular flexibility index (Phi) is 7.09. The van der Waals surface area contributed by atoms with Crippen molar-refractivity contribution in [1.29, 1.82) is 0 Å². The van der Waals surface area contributed by atoms with Crippen LogP contribution in [0.1, 0.15) is 24.2 Å². The molecule has 0 saturated heterocycles. The van der Waals surface area contributed by atoms with E-state index in [1.807, 2.05) is 18.2 Å². The molecule has 0 aromatic heterocycles. The third-order valence-corrected chi connectivity index (χ3v) is 2.77. The molecule has 0 amide bonds. The zero-order valence-electron chi connectivity index (χ0n) is 12.4. The maximum absolute atomic E-state index is 10.4. The molecule has 2 aromatic carbocycles. The van der Waals surface area contributed by atoms with Crippen LogP contribution in [-0.4, -0.2) is 15.0 Å². The third-order valence-electron chi connectivity index (χ3n) is 2.77. The Morgan fingerprint density at radius 3 is 2.04 bits per heavy atom. The second-order valence-electron chi connectivity index (χ2n) is 4.50. The third kappa shape index (κ3) is 6.49. The number of nitrogens with zero attached hydrogens (tertiary/aromatic N) is 2. The van der Waals surface area contributed by atoms with Crippen LogP contribution in [0.25, 0.3) is 6.08 Å². The predicted molar refractivity (Wildman–Crippen MR) is 86.2 cm³/mol. The van der Waals surface area contributed by atoms with Gasteiger partial charge in [-0.25, -0.2) is 0 Å². The van der Waals surface area contributed by atoms with E-state index in [0.717, 1.165) is 11.8 Å². The average molecular weight is 316 g/mol. The highest BCUT2D eigenvalue weighted by Gasteiger charge is 2.15. The first-order chi connectivity index (χ1) is 10.9. The number of benzene rings is 2. The number of aliphatic hydroxyl groups is 1. The van der Waals surface area contributed by atoms with E-state index in [9.17, 15) is 20.2 Å². The fraction of sp³-hybridized carbons (Fsp3) is 0.125. The van der Waals surface area contributed by atoms with E-state index in [-0.39, 0.29) is 5.69 Å². The lowest BCUT2D eigenvalue weighted by Gasteiger charge is -2.03. The zero-order valence-corrected chi connectivity index (χ0v) is 12.4. The minimum atomic E-state index is -0.799. The highest BCUT2D eigenvalue weighted by molar-refractivity contribution is 5.47. The molecule has 0 bridgehead atoms. The predicted octanol–water partition coefficient (Wildman–Crippen LogP) is 3.58. The van der Waals surface area contributed by atoms with Crippen molar-refractivity contribution in [2.45, 2.75) is 13.0 Å². The van der Waals surface area contributed by atoms with Gasteiger partial charge in [-0.1, -0.05) is 42.5 Å². The van der Waals surface area contributed by atoms with E-state index in [2.05, 4.69) is 0 Å². The van der Waals surface area contributed by atoms with Crippen molar-refractivity contribution in [3.8, 4) is 0 Å². The molecule has 7 nitrogen and oxygen atoms in total. The molecule has 0 fully saturated rings. The Labute approximate surface area is 132 Å². The molecule has 0 spiro atoms. The summed E-state index contributed by atoms with van der Waals surface area (Å²) in [6, 6.07) is 15.3. The van der Waals surface area contributed by atoms with Crippen molar-refractivity contribution in [1.82, 2.24) is 0 Å². The molecule has 0 aliphatic rings. The molecular formula is C16H16N2O5. The lowest BCUT2D eigenvalue weighted by atomic mass is 10.1. The van der Waals surface area contributed by atoms with Gasteiger partial charge in [-0.2, -0.15) is 0 Å². The van der Waals surface area contributed by atoms with Crippen LogP contribution in [0.5, 0.6) is 0 Å². The number of rotatable bonds is 4. The van der Waals surface area contributed by atoms with E-state index in [0.29, 0.717) is 5.56 Å². The topological polar surface area (TPSA) is 107 Å². The van der Waals surface area contributed by atoms with Crippen LogP contribution in [0.15, 0.2) is 60.8 Å². The maximum atomic E-state index is 10.4. The molecular weight excluding hydrogens is 300 g/mol. The Balaban J connectivity index is 0.000000231. The standard InChI is InChI=1S/C8H9NO3.C8H7NO2/c1-6(10)7-4-2-3-5-8(7)9(11)12;10-9(11)7-6-8-4-2-1-3-5-8/h2-6,10H,1H3;1-7H/b;7-6+. The summed E-state index contributed by atoms with van der Waals surface area (Å²) in [4.78, 5) is 19.3. The van der Waals surface area contributed by atoms with Crippen molar-refractivity contribution < 1.29 is 15.0 Å². The number of aliphatic hydroxyl groups excluding tert-OH is 1. The van der Waals surface area contributed by atoms with Gasteiger partial charge in [0.15, 0.2) is 0 Å². The van der Waals surface area contributed by atoms with Gasteiger partial charge < -0.3 is 5.11 Å². The molecule has 0 heterocycles. The average Bonchev–Trinajstić information content (AvgIpc) is 2.54. The molecule has 0 aliphatic carbocycles. The molecule has 2 aromatic rings. The number of hydrogen-bond donors (Lipinski definition) is 1. The fourth-order valence-corrected chi connectivity index (χ4v) is 1.72. The highest BCUT2D eigenvalue weighted by atomic mass is 16.6.